The number of nitrogens with one attached hydrogen (secondary N) is 2. The maximum Gasteiger partial charge on any atom is 0.329 e. The zero-order valence-corrected chi connectivity index (χ0v) is 13.1. The number of urea groups is 1. The van der Waals surface area contributed by atoms with Crippen LogP contribution in [0, 0.1) is 5.41 Å². The molecule has 21 heavy (non-hydrogen) atoms. The molecule has 1 saturated heterocycles. The number of carbonyl (C=O) groups is 2. The second kappa shape index (κ2) is 6.22. The van der Waals surface area contributed by atoms with Gasteiger partial charge in [-0.05, 0) is 51.2 Å². The van der Waals surface area contributed by atoms with Gasteiger partial charge in [0.1, 0.15) is 5.54 Å². The molecule has 2 rings (SSSR count). The molecule has 120 valence electrons. The van der Waals surface area contributed by atoms with Gasteiger partial charge in [-0.15, -0.1) is 0 Å². The van der Waals surface area contributed by atoms with Gasteiger partial charge in [-0.25, -0.2) is 9.59 Å². The molecule has 2 amide bonds. The molecule has 0 aromatic rings. The van der Waals surface area contributed by atoms with Crippen molar-refractivity contribution in [3.8, 4) is 0 Å². The summed E-state index contributed by atoms with van der Waals surface area (Å²) in [5.41, 5.74) is -0.951. The van der Waals surface area contributed by atoms with Crippen LogP contribution in [0.25, 0.3) is 0 Å². The number of nitrogens with zero attached hydrogens (tertiary/aromatic N) is 1. The third-order valence-electron chi connectivity index (χ3n) is 5.09. The number of hydrogen-bond acceptors (Lipinski definition) is 3. The summed E-state index contributed by atoms with van der Waals surface area (Å²) in [5.74, 6) is -0.916. The minimum absolute atomic E-state index is 0.107. The largest absolute Gasteiger partial charge is 0.480 e. The summed E-state index contributed by atoms with van der Waals surface area (Å²) in [5, 5.41) is 14.9. The van der Waals surface area contributed by atoms with Gasteiger partial charge in [0, 0.05) is 6.54 Å². The fourth-order valence-corrected chi connectivity index (χ4v) is 3.26. The van der Waals surface area contributed by atoms with Crippen molar-refractivity contribution in [3.05, 3.63) is 0 Å². The van der Waals surface area contributed by atoms with Gasteiger partial charge >= 0.3 is 12.0 Å². The lowest BCUT2D eigenvalue weighted by atomic mass is 9.80. The molecular weight excluding hydrogens is 270 g/mol. The minimum Gasteiger partial charge on any atom is -0.480 e. The van der Waals surface area contributed by atoms with E-state index in [1.165, 1.54) is 0 Å². The molecule has 0 radical (unpaired) electrons. The summed E-state index contributed by atoms with van der Waals surface area (Å²) in [6.45, 7) is 4.86. The van der Waals surface area contributed by atoms with Gasteiger partial charge in [-0.2, -0.15) is 0 Å². The van der Waals surface area contributed by atoms with E-state index in [1.807, 2.05) is 0 Å². The minimum atomic E-state index is -1.06. The topological polar surface area (TPSA) is 81.7 Å². The molecule has 6 nitrogen and oxygen atoms in total. The van der Waals surface area contributed by atoms with Gasteiger partial charge in [0.15, 0.2) is 0 Å². The number of carboxylic acid groups (broad SMARTS) is 1. The van der Waals surface area contributed by atoms with Gasteiger partial charge in [-0.1, -0.05) is 19.8 Å². The van der Waals surface area contributed by atoms with Crippen molar-refractivity contribution in [2.24, 2.45) is 5.41 Å². The molecule has 1 aliphatic carbocycles. The van der Waals surface area contributed by atoms with E-state index in [-0.39, 0.29) is 11.4 Å². The molecule has 0 atom stereocenters. The van der Waals surface area contributed by atoms with Gasteiger partial charge in [-0.3, -0.25) is 0 Å². The zero-order valence-electron chi connectivity index (χ0n) is 13.1. The van der Waals surface area contributed by atoms with E-state index in [9.17, 15) is 14.7 Å². The highest BCUT2D eigenvalue weighted by molar-refractivity contribution is 5.86. The molecule has 1 aliphatic heterocycles. The van der Waals surface area contributed by atoms with Crippen molar-refractivity contribution in [1.82, 2.24) is 15.5 Å². The maximum atomic E-state index is 12.1. The smallest absolute Gasteiger partial charge is 0.329 e. The Balaban J connectivity index is 1.83. The van der Waals surface area contributed by atoms with Crippen molar-refractivity contribution in [3.63, 3.8) is 0 Å². The molecule has 1 heterocycles. The highest BCUT2D eigenvalue weighted by Crippen LogP contribution is 2.31. The number of aliphatic carboxylic acids is 1. The standard InChI is InChI=1S/C15H27N3O3/c1-14(7-9-18(2)10-8-14)11-16-13(21)17-15(12(19)20)5-3-4-6-15/h3-11H2,1-2H3,(H,19,20)(H2,16,17,21). The van der Waals surface area contributed by atoms with E-state index in [0.29, 0.717) is 19.4 Å². The van der Waals surface area contributed by atoms with Crippen LogP contribution in [-0.2, 0) is 4.79 Å². The molecule has 0 aromatic heterocycles. The lowest BCUT2D eigenvalue weighted by Crippen LogP contribution is -2.56. The Morgan fingerprint density at radius 1 is 1.14 bits per heavy atom. The van der Waals surface area contributed by atoms with Crippen molar-refractivity contribution in [1.29, 1.82) is 0 Å². The molecule has 3 N–H and O–H groups in total. The molecule has 0 unspecified atom stereocenters. The number of carbonyl (C=O) groups excluding carboxylic acids is 1. The normalized spacial score (nSPS) is 24.5. The number of amides is 2. The third kappa shape index (κ3) is 3.87. The van der Waals surface area contributed by atoms with E-state index in [4.69, 9.17) is 0 Å². The Morgan fingerprint density at radius 3 is 2.24 bits per heavy atom. The van der Waals surface area contributed by atoms with Crippen molar-refractivity contribution in [2.45, 2.75) is 51.0 Å². The van der Waals surface area contributed by atoms with E-state index in [0.717, 1.165) is 38.8 Å². The van der Waals surface area contributed by atoms with Gasteiger partial charge < -0.3 is 20.6 Å². The van der Waals surface area contributed by atoms with E-state index < -0.39 is 11.5 Å². The fourth-order valence-electron chi connectivity index (χ4n) is 3.26. The second-order valence-electron chi connectivity index (χ2n) is 7.02. The van der Waals surface area contributed by atoms with Crippen LogP contribution in [0.4, 0.5) is 4.79 Å². The van der Waals surface area contributed by atoms with Crippen LogP contribution < -0.4 is 10.6 Å². The van der Waals surface area contributed by atoms with Crippen molar-refractivity contribution in [2.75, 3.05) is 26.7 Å². The molecule has 0 bridgehead atoms. The zero-order chi connectivity index (χ0) is 15.5. The number of piperidine rings is 1. The summed E-state index contributed by atoms with van der Waals surface area (Å²) < 4.78 is 0. The van der Waals surface area contributed by atoms with E-state index in [2.05, 4.69) is 29.5 Å². The monoisotopic (exact) mass is 297 g/mol. The number of likely N-dealkylation sites (tertiary alicyclic amines) is 1. The van der Waals surface area contributed by atoms with Crippen LogP contribution in [0.15, 0.2) is 0 Å². The predicted molar refractivity (Wildman–Crippen MR) is 80.2 cm³/mol. The van der Waals surface area contributed by atoms with E-state index in [1.54, 1.807) is 0 Å². The molecule has 2 fully saturated rings. The fraction of sp³-hybridized carbons (Fsp3) is 0.867. The molecular formula is C15H27N3O3. The Hall–Kier alpha value is -1.30. The molecule has 0 aromatic carbocycles. The molecule has 2 aliphatic rings. The third-order valence-corrected chi connectivity index (χ3v) is 5.09. The summed E-state index contributed by atoms with van der Waals surface area (Å²) in [6, 6.07) is -0.348. The van der Waals surface area contributed by atoms with Crippen LogP contribution in [0.2, 0.25) is 0 Å². The van der Waals surface area contributed by atoms with Crippen LogP contribution in [0.5, 0.6) is 0 Å². The first-order valence-corrected chi connectivity index (χ1v) is 7.83. The predicted octanol–water partition coefficient (Wildman–Crippen LogP) is 1.41. The van der Waals surface area contributed by atoms with E-state index >= 15 is 0 Å². The first kappa shape index (κ1) is 16.1. The van der Waals surface area contributed by atoms with Crippen molar-refractivity contribution < 1.29 is 14.7 Å². The maximum absolute atomic E-state index is 12.1. The highest BCUT2D eigenvalue weighted by atomic mass is 16.4. The Kier molecular flexibility index (Phi) is 4.76. The van der Waals surface area contributed by atoms with Gasteiger partial charge in [0.2, 0.25) is 0 Å². The van der Waals surface area contributed by atoms with Gasteiger partial charge in [0.05, 0.1) is 0 Å². The SMILES string of the molecule is CN1CCC(C)(CNC(=O)NC2(C(=O)O)CCCC2)CC1. The molecule has 6 heteroatoms. The summed E-state index contributed by atoms with van der Waals surface area (Å²) in [6.07, 6.45) is 4.87. The molecule has 0 spiro atoms. The van der Waals surface area contributed by atoms with Crippen LogP contribution in [-0.4, -0.2) is 54.2 Å². The second-order valence-corrected chi connectivity index (χ2v) is 7.02. The first-order chi connectivity index (χ1) is 9.85. The lowest BCUT2D eigenvalue weighted by molar-refractivity contribution is -0.144. The quantitative estimate of drug-likeness (QED) is 0.733. The summed E-state index contributed by atoms with van der Waals surface area (Å²) in [4.78, 5) is 25.8. The van der Waals surface area contributed by atoms with Crippen LogP contribution >= 0.6 is 0 Å². The summed E-state index contributed by atoms with van der Waals surface area (Å²) >= 11 is 0. The van der Waals surface area contributed by atoms with Crippen molar-refractivity contribution >= 4 is 12.0 Å². The summed E-state index contributed by atoms with van der Waals surface area (Å²) in [7, 11) is 2.11. The Bertz CT molecular complexity index is 397. The highest BCUT2D eigenvalue weighted by Gasteiger charge is 2.42. The number of carboxylic acids is 1. The number of hydrogen-bond donors (Lipinski definition) is 3. The van der Waals surface area contributed by atoms with Gasteiger partial charge in [0.25, 0.3) is 0 Å². The average Bonchev–Trinajstić information content (AvgIpc) is 2.90. The average molecular weight is 297 g/mol. The Labute approximate surface area is 126 Å². The number of rotatable bonds is 4. The lowest BCUT2D eigenvalue weighted by Gasteiger charge is -2.38. The van der Waals surface area contributed by atoms with Crippen LogP contribution in [0.3, 0.4) is 0 Å². The Morgan fingerprint density at radius 2 is 1.71 bits per heavy atom. The first-order valence-electron chi connectivity index (χ1n) is 7.83. The molecule has 1 saturated carbocycles. The van der Waals surface area contributed by atoms with Crippen LogP contribution in [0.1, 0.15) is 45.4 Å².